The molecule has 1 aromatic carbocycles. The van der Waals surface area contributed by atoms with Crippen molar-refractivity contribution in [2.24, 2.45) is 0 Å². The Morgan fingerprint density at radius 3 is 2.45 bits per heavy atom. The number of hydrogen-bond acceptors (Lipinski definition) is 1. The lowest BCUT2D eigenvalue weighted by Crippen LogP contribution is -2.05. The van der Waals surface area contributed by atoms with Gasteiger partial charge in [-0.15, -0.1) is 0 Å². The molecule has 0 radical (unpaired) electrons. The maximum Gasteiger partial charge on any atom is 0.116 e. The van der Waals surface area contributed by atoms with Gasteiger partial charge in [-0.1, -0.05) is 37.3 Å². The van der Waals surface area contributed by atoms with Crippen molar-refractivity contribution in [3.05, 3.63) is 35.9 Å². The first-order chi connectivity index (χ1) is 5.37. The topological polar surface area (TPSA) is 12.5 Å². The van der Waals surface area contributed by atoms with Crippen LogP contribution >= 0.6 is 0 Å². The molecule has 1 aliphatic heterocycles. The van der Waals surface area contributed by atoms with Crippen molar-refractivity contribution < 1.29 is 4.74 Å². The van der Waals surface area contributed by atoms with E-state index in [0.29, 0.717) is 0 Å². The molecule has 58 valence electrons. The maximum absolute atomic E-state index is 5.43. The predicted octanol–water partition coefficient (Wildman–Crippen LogP) is 2.32. The molecule has 1 heteroatoms. The van der Waals surface area contributed by atoms with Gasteiger partial charge in [0.2, 0.25) is 0 Å². The molecule has 0 amide bonds. The third-order valence-corrected chi connectivity index (χ3v) is 2.36. The van der Waals surface area contributed by atoms with Crippen molar-refractivity contribution in [3.8, 4) is 0 Å². The van der Waals surface area contributed by atoms with E-state index in [9.17, 15) is 0 Å². The van der Waals surface area contributed by atoms with Crippen LogP contribution in [0.5, 0.6) is 0 Å². The minimum absolute atomic E-state index is 0.0846. The van der Waals surface area contributed by atoms with Gasteiger partial charge in [-0.05, 0) is 12.0 Å². The van der Waals surface area contributed by atoms with Gasteiger partial charge in [0, 0.05) is 0 Å². The molecular weight excluding hydrogens is 136 g/mol. The lowest BCUT2D eigenvalue weighted by atomic mass is 9.98. The summed E-state index contributed by atoms with van der Waals surface area (Å²) in [5.41, 5.74) is 1.41. The summed E-state index contributed by atoms with van der Waals surface area (Å²) in [6, 6.07) is 10.4. The van der Waals surface area contributed by atoms with Gasteiger partial charge >= 0.3 is 0 Å². The number of benzene rings is 1. The lowest BCUT2D eigenvalue weighted by molar-refractivity contribution is 0.301. The third kappa shape index (κ3) is 1.05. The summed E-state index contributed by atoms with van der Waals surface area (Å²) in [5, 5.41) is 0. The highest BCUT2D eigenvalue weighted by Gasteiger charge is 2.44. The second kappa shape index (κ2) is 2.35. The fourth-order valence-corrected chi connectivity index (χ4v) is 1.40. The van der Waals surface area contributed by atoms with E-state index >= 15 is 0 Å². The first-order valence-corrected chi connectivity index (χ1v) is 4.07. The second-order valence-corrected chi connectivity index (χ2v) is 3.00. The maximum atomic E-state index is 5.43. The molecule has 1 nitrogen and oxygen atoms in total. The van der Waals surface area contributed by atoms with E-state index < -0.39 is 0 Å². The molecule has 1 saturated heterocycles. The normalized spacial score (nSPS) is 28.5. The van der Waals surface area contributed by atoms with E-state index in [0.717, 1.165) is 13.0 Å². The van der Waals surface area contributed by atoms with Gasteiger partial charge in [0.25, 0.3) is 0 Å². The summed E-state index contributed by atoms with van der Waals surface area (Å²) < 4.78 is 5.43. The van der Waals surface area contributed by atoms with Crippen LogP contribution in [0.3, 0.4) is 0 Å². The predicted molar refractivity (Wildman–Crippen MR) is 44.4 cm³/mol. The van der Waals surface area contributed by atoms with Gasteiger partial charge in [0.1, 0.15) is 5.60 Å². The minimum atomic E-state index is 0.0846. The van der Waals surface area contributed by atoms with E-state index in [1.165, 1.54) is 5.56 Å². The van der Waals surface area contributed by atoms with Gasteiger partial charge in [0.05, 0.1) is 6.61 Å². The summed E-state index contributed by atoms with van der Waals surface area (Å²) in [5.74, 6) is 0. The van der Waals surface area contributed by atoms with Crippen LogP contribution in [-0.4, -0.2) is 6.61 Å². The zero-order valence-corrected chi connectivity index (χ0v) is 6.71. The summed E-state index contributed by atoms with van der Waals surface area (Å²) >= 11 is 0. The smallest absolute Gasteiger partial charge is 0.116 e. The van der Waals surface area contributed by atoms with Crippen LogP contribution in [0.15, 0.2) is 30.3 Å². The van der Waals surface area contributed by atoms with Crippen LogP contribution in [0.2, 0.25) is 0 Å². The van der Waals surface area contributed by atoms with Crippen LogP contribution in [0.1, 0.15) is 18.9 Å². The average molecular weight is 148 g/mol. The number of hydrogen-bond donors (Lipinski definition) is 0. The van der Waals surface area contributed by atoms with E-state index in [4.69, 9.17) is 4.74 Å². The first kappa shape index (κ1) is 6.86. The van der Waals surface area contributed by atoms with Crippen molar-refractivity contribution in [1.82, 2.24) is 0 Å². The Labute approximate surface area is 67.0 Å². The fraction of sp³-hybridized carbons (Fsp3) is 0.400. The Balaban J connectivity index is 2.30. The Morgan fingerprint density at radius 1 is 1.36 bits per heavy atom. The molecular formula is C10H12O. The Morgan fingerprint density at radius 2 is 2.00 bits per heavy atom. The number of ether oxygens (including phenoxy) is 1. The standard InChI is InChI=1S/C10H12O/c1-2-10(8-11-10)9-6-4-3-5-7-9/h3-7H,2,8H2,1H3/t10-/m1/s1. The summed E-state index contributed by atoms with van der Waals surface area (Å²) in [6.45, 7) is 3.06. The molecule has 0 N–H and O–H groups in total. The largest absolute Gasteiger partial charge is 0.365 e. The van der Waals surface area contributed by atoms with Crippen LogP contribution in [0.4, 0.5) is 0 Å². The molecule has 2 rings (SSSR count). The average Bonchev–Trinajstić information content (AvgIpc) is 2.86. The van der Waals surface area contributed by atoms with E-state index in [1.54, 1.807) is 0 Å². The highest BCUT2D eigenvalue weighted by atomic mass is 16.6. The molecule has 11 heavy (non-hydrogen) atoms. The van der Waals surface area contributed by atoms with Crippen molar-refractivity contribution in [2.75, 3.05) is 6.61 Å². The zero-order chi connectivity index (χ0) is 7.73. The Kier molecular flexibility index (Phi) is 1.46. The molecule has 0 saturated carbocycles. The van der Waals surface area contributed by atoms with E-state index in [-0.39, 0.29) is 5.60 Å². The van der Waals surface area contributed by atoms with Crippen LogP contribution in [0, 0.1) is 0 Å². The highest BCUT2D eigenvalue weighted by molar-refractivity contribution is 5.26. The third-order valence-electron chi connectivity index (χ3n) is 2.36. The monoisotopic (exact) mass is 148 g/mol. The highest BCUT2D eigenvalue weighted by Crippen LogP contribution is 2.41. The second-order valence-electron chi connectivity index (χ2n) is 3.00. The van der Waals surface area contributed by atoms with Gasteiger partial charge in [-0.25, -0.2) is 0 Å². The first-order valence-electron chi connectivity index (χ1n) is 4.07. The van der Waals surface area contributed by atoms with Crippen molar-refractivity contribution in [1.29, 1.82) is 0 Å². The van der Waals surface area contributed by atoms with Gasteiger partial charge in [-0.3, -0.25) is 0 Å². The van der Waals surface area contributed by atoms with Crippen LogP contribution < -0.4 is 0 Å². The molecule has 1 heterocycles. The van der Waals surface area contributed by atoms with E-state index in [2.05, 4.69) is 31.2 Å². The molecule has 0 aromatic heterocycles. The minimum Gasteiger partial charge on any atom is -0.365 e. The summed E-state index contributed by atoms with van der Waals surface area (Å²) in [7, 11) is 0. The summed E-state index contributed by atoms with van der Waals surface area (Å²) in [4.78, 5) is 0. The quantitative estimate of drug-likeness (QED) is 0.586. The van der Waals surface area contributed by atoms with Crippen LogP contribution in [-0.2, 0) is 10.3 Å². The number of epoxide rings is 1. The lowest BCUT2D eigenvalue weighted by Gasteiger charge is -2.07. The molecule has 0 spiro atoms. The van der Waals surface area contributed by atoms with Gasteiger partial charge in [-0.2, -0.15) is 0 Å². The molecule has 1 atom stereocenters. The van der Waals surface area contributed by atoms with Crippen molar-refractivity contribution >= 4 is 0 Å². The number of rotatable bonds is 2. The molecule has 1 fully saturated rings. The van der Waals surface area contributed by atoms with Crippen LogP contribution in [0.25, 0.3) is 0 Å². The van der Waals surface area contributed by atoms with Gasteiger partial charge in [0.15, 0.2) is 0 Å². The van der Waals surface area contributed by atoms with Crippen molar-refractivity contribution in [3.63, 3.8) is 0 Å². The molecule has 0 bridgehead atoms. The van der Waals surface area contributed by atoms with Gasteiger partial charge < -0.3 is 4.74 Å². The molecule has 1 aromatic rings. The Bertz CT molecular complexity index is 236. The summed E-state index contributed by atoms with van der Waals surface area (Å²) in [6.07, 6.45) is 1.08. The fourth-order valence-electron chi connectivity index (χ4n) is 1.40. The zero-order valence-electron chi connectivity index (χ0n) is 6.71. The molecule has 0 unspecified atom stereocenters. The van der Waals surface area contributed by atoms with Crippen molar-refractivity contribution in [2.45, 2.75) is 18.9 Å². The molecule has 1 aliphatic rings. The van der Waals surface area contributed by atoms with E-state index in [1.807, 2.05) is 6.07 Å². The Hall–Kier alpha value is -0.820. The molecule has 0 aliphatic carbocycles. The SMILES string of the molecule is CC[C@]1(c2ccccc2)CO1.